The first-order chi connectivity index (χ1) is 22.3. The van der Waals surface area contributed by atoms with Gasteiger partial charge in [-0.15, -0.1) is 0 Å². The number of aromatic nitrogens is 1. The van der Waals surface area contributed by atoms with E-state index in [1.807, 2.05) is 90.9 Å². The molecule has 0 bridgehead atoms. The number of H-pyrrole nitrogens is 1. The van der Waals surface area contributed by atoms with Gasteiger partial charge in [0.2, 0.25) is 0 Å². The van der Waals surface area contributed by atoms with Crippen LogP contribution in [0.2, 0.25) is 0 Å². The lowest BCUT2D eigenvalue weighted by atomic mass is 9.98. The van der Waals surface area contributed by atoms with Crippen LogP contribution in [0.15, 0.2) is 85.2 Å². The topological polar surface area (TPSA) is 63.8 Å². The summed E-state index contributed by atoms with van der Waals surface area (Å²) in [4.78, 5) is 28.1. The number of likely N-dealkylation sites (N-methyl/N-ethyl adjacent to an activating group) is 1. The van der Waals surface area contributed by atoms with Gasteiger partial charge in [-0.2, -0.15) is 26.3 Å². The van der Waals surface area contributed by atoms with Crippen molar-refractivity contribution >= 4 is 22.5 Å². The first kappa shape index (κ1) is 33.9. The monoisotopic (exact) mass is 659 g/mol. The third kappa shape index (κ3) is 8.46. The molecule has 1 aliphatic heterocycles. The van der Waals surface area contributed by atoms with Crippen LogP contribution in [0.1, 0.15) is 32.6 Å². The van der Waals surface area contributed by atoms with Gasteiger partial charge in [-0.25, -0.2) is 0 Å². The second-order valence-electron chi connectivity index (χ2n) is 11.7. The zero-order valence-corrected chi connectivity index (χ0v) is 25.8. The number of amides is 1. The molecule has 13 heteroatoms. The Balaban J connectivity index is 1.48. The first-order valence-corrected chi connectivity index (χ1v) is 15.0. The summed E-state index contributed by atoms with van der Waals surface area (Å²) in [5.41, 5.74) is 2.52. The molecule has 0 spiro atoms. The second-order valence-corrected chi connectivity index (χ2v) is 11.7. The van der Waals surface area contributed by atoms with Crippen molar-refractivity contribution in [2.75, 3.05) is 46.9 Å². The Morgan fingerprint density at radius 1 is 0.936 bits per heavy atom. The number of aromatic amines is 1. The van der Waals surface area contributed by atoms with Crippen LogP contribution in [0.3, 0.4) is 0 Å². The number of hydroxylamine groups is 1. The number of carbonyl (C=O) groups is 1. The average molecular weight is 660 g/mol. The maximum absolute atomic E-state index is 13.9. The predicted octanol–water partition coefficient (Wildman–Crippen LogP) is 6.66. The molecule has 1 saturated heterocycles. The van der Waals surface area contributed by atoms with E-state index in [1.165, 1.54) is 4.90 Å². The summed E-state index contributed by atoms with van der Waals surface area (Å²) in [7, 11) is 3.85. The molecule has 0 unspecified atom stereocenters. The van der Waals surface area contributed by atoms with Crippen LogP contribution in [0.4, 0.5) is 26.3 Å². The van der Waals surface area contributed by atoms with Crippen LogP contribution in [0, 0.1) is 0 Å². The molecule has 5 rings (SSSR count). The van der Waals surface area contributed by atoms with Crippen LogP contribution in [-0.2, 0) is 23.6 Å². The number of halogens is 6. The van der Waals surface area contributed by atoms with Crippen molar-refractivity contribution in [2.24, 2.45) is 0 Å². The molecule has 2 N–H and O–H groups in total. The number of para-hydroxylation sites is 1. The molecule has 7 nitrogen and oxygen atoms in total. The number of fused-ring (bicyclic) bond motifs is 1. The van der Waals surface area contributed by atoms with Crippen molar-refractivity contribution < 1.29 is 36.0 Å². The Bertz CT molecular complexity index is 1670. The van der Waals surface area contributed by atoms with Gasteiger partial charge in [0.15, 0.2) is 0 Å². The first-order valence-electron chi connectivity index (χ1n) is 15.0. The molecular weight excluding hydrogens is 624 g/mol. The minimum atomic E-state index is -5.07. The molecule has 1 amide bonds. The van der Waals surface area contributed by atoms with Crippen LogP contribution in [0.5, 0.6) is 0 Å². The number of hydrogen-bond acceptors (Lipinski definition) is 5. The van der Waals surface area contributed by atoms with Gasteiger partial charge >= 0.3 is 12.4 Å². The van der Waals surface area contributed by atoms with Gasteiger partial charge in [0, 0.05) is 60.6 Å². The van der Waals surface area contributed by atoms with E-state index in [1.54, 1.807) is 0 Å². The van der Waals surface area contributed by atoms with Crippen LogP contribution < -0.4 is 5.48 Å². The SMILES string of the molecule is CN(C)CCONC(=CN1CCN(C(=O)c2cc(C(F)(F)F)cc(C(F)(F)F)c2)[C@H](Cc2c[nH]c3ccccc23)C1)c1ccccc1. The van der Waals surface area contributed by atoms with E-state index < -0.39 is 41.0 Å². The predicted molar refractivity (Wildman–Crippen MR) is 167 cm³/mol. The van der Waals surface area contributed by atoms with Crippen molar-refractivity contribution in [1.29, 1.82) is 0 Å². The Morgan fingerprint density at radius 2 is 1.60 bits per heavy atom. The van der Waals surface area contributed by atoms with E-state index >= 15 is 0 Å². The summed E-state index contributed by atoms with van der Waals surface area (Å²) in [5.74, 6) is -0.900. The number of piperazine rings is 1. The van der Waals surface area contributed by atoms with Crippen LogP contribution in [0.25, 0.3) is 16.6 Å². The highest BCUT2D eigenvalue weighted by Gasteiger charge is 2.39. The fourth-order valence-corrected chi connectivity index (χ4v) is 5.55. The van der Waals surface area contributed by atoms with Crippen molar-refractivity contribution in [3.63, 3.8) is 0 Å². The minimum absolute atomic E-state index is 0.0294. The van der Waals surface area contributed by atoms with Crippen molar-refractivity contribution in [1.82, 2.24) is 25.2 Å². The third-order valence-electron chi connectivity index (χ3n) is 7.96. The number of hydrogen-bond donors (Lipinski definition) is 2. The lowest BCUT2D eigenvalue weighted by Gasteiger charge is -2.41. The molecule has 0 radical (unpaired) electrons. The largest absolute Gasteiger partial charge is 0.416 e. The van der Waals surface area contributed by atoms with Gasteiger partial charge in [-0.3, -0.25) is 15.1 Å². The number of rotatable bonds is 10. The molecular formula is C34H35F6N5O2. The molecule has 0 aliphatic carbocycles. The highest BCUT2D eigenvalue weighted by molar-refractivity contribution is 5.95. The lowest BCUT2D eigenvalue weighted by molar-refractivity contribution is -0.143. The van der Waals surface area contributed by atoms with Gasteiger partial charge in [0.25, 0.3) is 5.91 Å². The summed E-state index contributed by atoms with van der Waals surface area (Å²) < 4.78 is 81.9. The normalized spacial score (nSPS) is 16.3. The summed E-state index contributed by atoms with van der Waals surface area (Å²) in [6.07, 6.45) is -6.17. The van der Waals surface area contributed by atoms with E-state index in [0.29, 0.717) is 37.4 Å². The molecule has 250 valence electrons. The summed E-state index contributed by atoms with van der Waals surface area (Å²) in [6.45, 7) is 1.67. The van der Waals surface area contributed by atoms with Gasteiger partial charge in [-0.05, 0) is 50.3 Å². The maximum atomic E-state index is 13.9. The van der Waals surface area contributed by atoms with E-state index in [9.17, 15) is 31.1 Å². The smallest absolute Gasteiger partial charge is 0.372 e. The maximum Gasteiger partial charge on any atom is 0.416 e. The summed E-state index contributed by atoms with van der Waals surface area (Å²) in [6, 6.07) is 17.4. The number of carbonyl (C=O) groups excluding carboxylic acids is 1. The summed E-state index contributed by atoms with van der Waals surface area (Å²) >= 11 is 0. The lowest BCUT2D eigenvalue weighted by Crippen LogP contribution is -2.54. The molecule has 3 aromatic carbocycles. The average Bonchev–Trinajstić information content (AvgIpc) is 3.44. The molecule has 0 saturated carbocycles. The second kappa shape index (κ2) is 14.1. The molecule has 1 aliphatic rings. The number of nitrogens with one attached hydrogen (secondary N) is 2. The van der Waals surface area contributed by atoms with E-state index in [2.05, 4.69) is 10.5 Å². The van der Waals surface area contributed by atoms with Crippen LogP contribution in [-0.4, -0.2) is 78.5 Å². The van der Waals surface area contributed by atoms with E-state index in [4.69, 9.17) is 4.84 Å². The fourth-order valence-electron chi connectivity index (χ4n) is 5.55. The Morgan fingerprint density at radius 3 is 2.26 bits per heavy atom. The standard InChI is InChI=1S/C34H35F6N5O2/c1-43(2)14-15-47-42-31(23-8-4-3-5-9-23)22-44-12-13-45(28(21-44)18-25-20-41-30-11-7-6-10-29(25)30)32(46)24-16-26(33(35,36)37)19-27(17-24)34(38,39)40/h3-11,16-17,19-20,22,28,41-42H,12-15,18,21H2,1-2H3/t28-/m1/s1. The van der Waals surface area contributed by atoms with Gasteiger partial charge < -0.3 is 19.7 Å². The van der Waals surface area contributed by atoms with Gasteiger partial charge in [0.05, 0.1) is 29.5 Å². The molecule has 4 aromatic rings. The molecule has 47 heavy (non-hydrogen) atoms. The fraction of sp³-hybridized carbons (Fsp3) is 0.324. The van der Waals surface area contributed by atoms with Gasteiger partial charge in [-0.1, -0.05) is 48.5 Å². The molecule has 1 atom stereocenters. The quantitative estimate of drug-likeness (QED) is 0.113. The van der Waals surface area contributed by atoms with E-state index in [-0.39, 0.29) is 25.7 Å². The zero-order chi connectivity index (χ0) is 33.8. The Labute approximate surface area is 268 Å². The molecule has 1 fully saturated rings. The molecule has 1 aromatic heterocycles. The highest BCUT2D eigenvalue weighted by atomic mass is 19.4. The number of benzene rings is 3. The van der Waals surface area contributed by atoms with Crippen molar-refractivity contribution in [2.45, 2.75) is 24.8 Å². The molecule has 2 heterocycles. The Kier molecular flexibility index (Phi) is 10.2. The number of alkyl halides is 6. The Hall–Kier alpha value is -4.49. The van der Waals surface area contributed by atoms with Gasteiger partial charge in [0.1, 0.15) is 0 Å². The van der Waals surface area contributed by atoms with Crippen molar-refractivity contribution in [3.8, 4) is 0 Å². The summed E-state index contributed by atoms with van der Waals surface area (Å²) in [5, 5.41) is 0.909. The third-order valence-corrected chi connectivity index (χ3v) is 7.96. The van der Waals surface area contributed by atoms with Crippen LogP contribution >= 0.6 is 0 Å². The highest BCUT2D eigenvalue weighted by Crippen LogP contribution is 2.37. The van der Waals surface area contributed by atoms with Crippen molar-refractivity contribution in [3.05, 3.63) is 113 Å². The van der Waals surface area contributed by atoms with E-state index in [0.717, 1.165) is 22.0 Å². The number of nitrogens with zero attached hydrogens (tertiary/aromatic N) is 3. The minimum Gasteiger partial charge on any atom is -0.372 e. The zero-order valence-electron chi connectivity index (χ0n) is 25.8.